The lowest BCUT2D eigenvalue weighted by Crippen LogP contribution is -2.44. The third-order valence-electron chi connectivity index (χ3n) is 2.75. The molecule has 1 amide bonds. The third-order valence-corrected chi connectivity index (χ3v) is 2.75. The highest BCUT2D eigenvalue weighted by Crippen LogP contribution is 2.42. The normalized spacial score (nSPS) is 29.8. The zero-order valence-electron chi connectivity index (χ0n) is 9.45. The van der Waals surface area contributed by atoms with Crippen molar-refractivity contribution in [2.45, 2.75) is 45.3 Å². The van der Waals surface area contributed by atoms with E-state index in [-0.39, 0.29) is 24.5 Å². The summed E-state index contributed by atoms with van der Waals surface area (Å²) in [5.74, 6) is 0.554. The molecule has 4 nitrogen and oxygen atoms in total. The van der Waals surface area contributed by atoms with E-state index in [9.17, 15) is 9.59 Å². The molecular weight excluding hydrogens is 194 g/mol. The molecule has 1 heterocycles. The Morgan fingerprint density at radius 2 is 2.13 bits per heavy atom. The molecule has 0 radical (unpaired) electrons. The first kappa shape index (κ1) is 10.5. The lowest BCUT2D eigenvalue weighted by molar-refractivity contribution is -0.122. The first-order chi connectivity index (χ1) is 6.87. The van der Waals surface area contributed by atoms with Crippen molar-refractivity contribution in [1.29, 1.82) is 0 Å². The van der Waals surface area contributed by atoms with Gasteiger partial charge in [0.2, 0.25) is 0 Å². The van der Waals surface area contributed by atoms with Crippen LogP contribution >= 0.6 is 0 Å². The van der Waals surface area contributed by atoms with E-state index in [1.165, 1.54) is 0 Å². The van der Waals surface area contributed by atoms with Crippen molar-refractivity contribution in [2.24, 2.45) is 5.92 Å². The number of likely N-dealkylation sites (tertiary alicyclic amines) is 1. The minimum absolute atomic E-state index is 0.152. The SMILES string of the molecule is CC(C)(C)OC(=O)N1CC(=O)C[C@@H]2C[C@@H]21. The quantitative estimate of drug-likeness (QED) is 0.611. The van der Waals surface area contributed by atoms with Crippen LogP contribution in [-0.2, 0) is 9.53 Å². The number of hydrogen-bond acceptors (Lipinski definition) is 3. The maximum atomic E-state index is 11.7. The molecule has 4 heteroatoms. The first-order valence-corrected chi connectivity index (χ1v) is 5.38. The Morgan fingerprint density at radius 3 is 2.73 bits per heavy atom. The van der Waals surface area contributed by atoms with Gasteiger partial charge in [-0.3, -0.25) is 9.69 Å². The molecule has 2 rings (SSSR count). The monoisotopic (exact) mass is 211 g/mol. The van der Waals surface area contributed by atoms with Gasteiger partial charge in [-0.15, -0.1) is 0 Å². The van der Waals surface area contributed by atoms with E-state index in [4.69, 9.17) is 4.74 Å². The van der Waals surface area contributed by atoms with E-state index >= 15 is 0 Å². The number of carbonyl (C=O) groups is 2. The molecule has 1 aliphatic heterocycles. The van der Waals surface area contributed by atoms with Gasteiger partial charge in [0.05, 0.1) is 6.54 Å². The molecule has 0 aromatic rings. The Kier molecular flexibility index (Phi) is 2.24. The second-order valence-electron chi connectivity index (χ2n) is 5.41. The molecule has 1 aliphatic carbocycles. The van der Waals surface area contributed by atoms with Crippen molar-refractivity contribution in [3.63, 3.8) is 0 Å². The number of rotatable bonds is 0. The van der Waals surface area contributed by atoms with E-state index < -0.39 is 5.60 Å². The van der Waals surface area contributed by atoms with Crippen LogP contribution in [-0.4, -0.2) is 35.0 Å². The summed E-state index contributed by atoms with van der Waals surface area (Å²) in [5, 5.41) is 0. The predicted molar refractivity (Wildman–Crippen MR) is 54.5 cm³/mol. The molecule has 0 N–H and O–H groups in total. The second kappa shape index (κ2) is 3.22. The average molecular weight is 211 g/mol. The van der Waals surface area contributed by atoms with Crippen LogP contribution in [0.3, 0.4) is 0 Å². The van der Waals surface area contributed by atoms with Crippen LogP contribution in [0, 0.1) is 5.92 Å². The largest absolute Gasteiger partial charge is 0.444 e. The number of fused-ring (bicyclic) bond motifs is 1. The van der Waals surface area contributed by atoms with Gasteiger partial charge >= 0.3 is 6.09 Å². The van der Waals surface area contributed by atoms with E-state index in [0.717, 1.165) is 6.42 Å². The standard InChI is InChI=1S/C11H17NO3/c1-11(2,3)15-10(14)12-6-8(13)4-7-5-9(7)12/h7,9H,4-6H2,1-3H3/t7-,9+/m1/s1. The smallest absolute Gasteiger partial charge is 0.410 e. The highest BCUT2D eigenvalue weighted by molar-refractivity contribution is 5.86. The summed E-state index contributed by atoms with van der Waals surface area (Å²) >= 11 is 0. The summed E-state index contributed by atoms with van der Waals surface area (Å²) in [5.41, 5.74) is -0.484. The number of ketones is 1. The molecule has 0 aromatic heterocycles. The van der Waals surface area contributed by atoms with Crippen molar-refractivity contribution in [1.82, 2.24) is 4.90 Å². The fraction of sp³-hybridized carbons (Fsp3) is 0.818. The van der Waals surface area contributed by atoms with Crippen LogP contribution in [0.2, 0.25) is 0 Å². The Bertz CT molecular complexity index is 305. The van der Waals surface area contributed by atoms with E-state index in [1.54, 1.807) is 4.90 Å². The van der Waals surface area contributed by atoms with Crippen molar-refractivity contribution < 1.29 is 14.3 Å². The molecule has 1 saturated carbocycles. The topological polar surface area (TPSA) is 46.6 Å². The predicted octanol–water partition coefficient (Wildman–Crippen LogP) is 1.58. The lowest BCUT2D eigenvalue weighted by Gasteiger charge is -2.29. The molecule has 2 atom stereocenters. The fourth-order valence-corrected chi connectivity index (χ4v) is 2.02. The summed E-state index contributed by atoms with van der Waals surface area (Å²) in [6, 6.07) is 0.262. The number of piperidine rings is 1. The summed E-state index contributed by atoms with van der Waals surface area (Å²) in [4.78, 5) is 24.7. The zero-order chi connectivity index (χ0) is 11.2. The Labute approximate surface area is 89.6 Å². The minimum atomic E-state index is -0.484. The highest BCUT2D eigenvalue weighted by Gasteiger charge is 2.49. The molecule has 2 fully saturated rings. The zero-order valence-corrected chi connectivity index (χ0v) is 9.45. The number of amides is 1. The molecule has 84 valence electrons. The van der Waals surface area contributed by atoms with Gasteiger partial charge < -0.3 is 4.74 Å². The van der Waals surface area contributed by atoms with Gasteiger partial charge in [-0.05, 0) is 33.1 Å². The number of nitrogens with zero attached hydrogens (tertiary/aromatic N) is 1. The number of carbonyl (C=O) groups excluding carboxylic acids is 2. The molecule has 0 spiro atoms. The summed E-state index contributed by atoms with van der Waals surface area (Å²) in [6.45, 7) is 5.74. The van der Waals surface area contributed by atoms with Crippen LogP contribution in [0.4, 0.5) is 4.79 Å². The second-order valence-corrected chi connectivity index (χ2v) is 5.41. The van der Waals surface area contributed by atoms with Crippen LogP contribution in [0.15, 0.2) is 0 Å². The number of hydrogen-bond donors (Lipinski definition) is 0. The molecular formula is C11H17NO3. The van der Waals surface area contributed by atoms with Gasteiger partial charge in [0.1, 0.15) is 5.60 Å². The molecule has 2 aliphatic rings. The van der Waals surface area contributed by atoms with Gasteiger partial charge in [-0.1, -0.05) is 0 Å². The van der Waals surface area contributed by atoms with Crippen LogP contribution in [0.25, 0.3) is 0 Å². The van der Waals surface area contributed by atoms with E-state index in [1.807, 2.05) is 20.8 Å². The van der Waals surface area contributed by atoms with Gasteiger partial charge in [-0.2, -0.15) is 0 Å². The summed E-state index contributed by atoms with van der Waals surface area (Å²) in [7, 11) is 0. The molecule has 0 bridgehead atoms. The highest BCUT2D eigenvalue weighted by atomic mass is 16.6. The Balaban J connectivity index is 1.98. The number of Topliss-reactive ketones (excluding diaryl/α,β-unsaturated/α-hetero) is 1. The summed E-state index contributed by atoms with van der Waals surface area (Å²) in [6.07, 6.45) is 1.26. The van der Waals surface area contributed by atoms with Gasteiger partial charge in [-0.25, -0.2) is 4.79 Å². The minimum Gasteiger partial charge on any atom is -0.444 e. The molecule has 0 aromatic carbocycles. The van der Waals surface area contributed by atoms with Crippen molar-refractivity contribution in [2.75, 3.05) is 6.54 Å². The van der Waals surface area contributed by atoms with E-state index in [2.05, 4.69) is 0 Å². The maximum Gasteiger partial charge on any atom is 0.410 e. The van der Waals surface area contributed by atoms with Crippen LogP contribution < -0.4 is 0 Å². The lowest BCUT2D eigenvalue weighted by atomic mass is 10.1. The van der Waals surface area contributed by atoms with Crippen molar-refractivity contribution in [3.8, 4) is 0 Å². The average Bonchev–Trinajstić information content (AvgIpc) is 2.77. The third kappa shape index (κ3) is 2.30. The Hall–Kier alpha value is -1.06. The van der Waals surface area contributed by atoms with Crippen molar-refractivity contribution in [3.05, 3.63) is 0 Å². The molecule has 1 saturated heterocycles. The van der Waals surface area contributed by atoms with Gasteiger partial charge in [0.15, 0.2) is 5.78 Å². The van der Waals surface area contributed by atoms with Crippen LogP contribution in [0.5, 0.6) is 0 Å². The van der Waals surface area contributed by atoms with Crippen molar-refractivity contribution >= 4 is 11.9 Å². The van der Waals surface area contributed by atoms with Crippen LogP contribution in [0.1, 0.15) is 33.6 Å². The molecule has 15 heavy (non-hydrogen) atoms. The summed E-state index contributed by atoms with van der Waals surface area (Å²) < 4.78 is 5.26. The van der Waals surface area contributed by atoms with Gasteiger partial charge in [0.25, 0.3) is 0 Å². The van der Waals surface area contributed by atoms with Gasteiger partial charge in [0, 0.05) is 12.5 Å². The first-order valence-electron chi connectivity index (χ1n) is 5.38. The van der Waals surface area contributed by atoms with E-state index in [0.29, 0.717) is 12.3 Å². The maximum absolute atomic E-state index is 11.7. The number of ether oxygens (including phenoxy) is 1. The fourth-order valence-electron chi connectivity index (χ4n) is 2.02. The molecule has 0 unspecified atom stereocenters. The Morgan fingerprint density at radius 1 is 1.47 bits per heavy atom.